The van der Waals surface area contributed by atoms with Gasteiger partial charge in [-0.1, -0.05) is 18.2 Å². The maximum atomic E-state index is 12.0. The first-order chi connectivity index (χ1) is 6.44. The summed E-state index contributed by atoms with van der Waals surface area (Å²) in [6.07, 6.45) is -4.67. The molecule has 0 radical (unpaired) electrons. The zero-order valence-electron chi connectivity index (χ0n) is 7.56. The molecule has 2 nitrogen and oxygen atoms in total. The van der Waals surface area contributed by atoms with Gasteiger partial charge in [-0.25, -0.2) is 0 Å². The Morgan fingerprint density at radius 1 is 1.36 bits per heavy atom. The molecule has 0 aliphatic heterocycles. The van der Waals surface area contributed by atoms with Gasteiger partial charge in [0.1, 0.15) is 5.75 Å². The van der Waals surface area contributed by atoms with Crippen LogP contribution in [0.3, 0.4) is 0 Å². The van der Waals surface area contributed by atoms with Gasteiger partial charge in [-0.2, -0.15) is 0 Å². The molecule has 0 bridgehead atoms. The van der Waals surface area contributed by atoms with Crippen molar-refractivity contribution in [3.63, 3.8) is 0 Å². The third-order valence-electron chi connectivity index (χ3n) is 1.73. The second-order valence-corrected chi connectivity index (χ2v) is 2.82. The molecule has 0 aromatic heterocycles. The molecule has 1 aromatic carbocycles. The number of halogens is 3. The summed E-state index contributed by atoms with van der Waals surface area (Å²) in [5.41, 5.74) is 6.06. The zero-order valence-corrected chi connectivity index (χ0v) is 7.56. The van der Waals surface area contributed by atoms with Crippen molar-refractivity contribution < 1.29 is 17.9 Å². The fourth-order valence-corrected chi connectivity index (χ4v) is 1.14. The van der Waals surface area contributed by atoms with E-state index in [0.717, 1.165) is 0 Å². The third kappa shape index (κ3) is 2.63. The molecule has 0 fully saturated rings. The third-order valence-corrected chi connectivity index (χ3v) is 1.73. The Kier molecular flexibility index (Phi) is 3.00. The van der Waals surface area contributed by atoms with Crippen LogP contribution in [0.2, 0.25) is 0 Å². The molecule has 1 aromatic rings. The normalized spacial score (nSPS) is 11.5. The summed E-state index contributed by atoms with van der Waals surface area (Å²) in [5.74, 6) is -0.192. The topological polar surface area (TPSA) is 35.2 Å². The molecule has 0 saturated carbocycles. The number of ether oxygens (including phenoxy) is 1. The minimum absolute atomic E-state index is 0.0209. The van der Waals surface area contributed by atoms with E-state index in [9.17, 15) is 13.2 Å². The van der Waals surface area contributed by atoms with E-state index in [-0.39, 0.29) is 12.3 Å². The summed E-state index contributed by atoms with van der Waals surface area (Å²) in [4.78, 5) is 0. The number of hydrogen-bond donors (Lipinski definition) is 1. The van der Waals surface area contributed by atoms with Crippen LogP contribution in [0.25, 0.3) is 0 Å². The van der Waals surface area contributed by atoms with E-state index in [4.69, 9.17) is 5.73 Å². The summed E-state index contributed by atoms with van der Waals surface area (Å²) >= 11 is 0. The van der Waals surface area contributed by atoms with Gasteiger partial charge in [0.25, 0.3) is 0 Å². The number of hydrogen-bond acceptors (Lipinski definition) is 2. The van der Waals surface area contributed by atoms with E-state index in [1.54, 1.807) is 19.1 Å². The second-order valence-electron chi connectivity index (χ2n) is 2.82. The van der Waals surface area contributed by atoms with Gasteiger partial charge in [0.2, 0.25) is 0 Å². The molecule has 14 heavy (non-hydrogen) atoms. The highest BCUT2D eigenvalue weighted by atomic mass is 19.4. The smallest absolute Gasteiger partial charge is 0.405 e. The molecule has 78 valence electrons. The minimum atomic E-state index is -4.67. The monoisotopic (exact) mass is 205 g/mol. The Hall–Kier alpha value is -1.23. The number of rotatable bonds is 2. The zero-order chi connectivity index (χ0) is 10.8. The van der Waals surface area contributed by atoms with Gasteiger partial charge >= 0.3 is 6.36 Å². The van der Waals surface area contributed by atoms with E-state index >= 15 is 0 Å². The highest BCUT2D eigenvalue weighted by Gasteiger charge is 2.32. The van der Waals surface area contributed by atoms with Crippen LogP contribution in [0.4, 0.5) is 13.2 Å². The first-order valence-electron chi connectivity index (χ1n) is 3.98. The molecule has 0 aliphatic rings. The van der Waals surface area contributed by atoms with Crippen molar-refractivity contribution >= 4 is 0 Å². The van der Waals surface area contributed by atoms with Crippen LogP contribution < -0.4 is 10.5 Å². The SMILES string of the molecule is Cc1cccc(CN)c1OC(F)(F)F. The lowest BCUT2D eigenvalue weighted by Crippen LogP contribution is -2.19. The molecule has 5 heteroatoms. The summed E-state index contributed by atoms with van der Waals surface area (Å²) < 4.78 is 39.8. The van der Waals surface area contributed by atoms with Crippen molar-refractivity contribution in [3.8, 4) is 5.75 Å². The number of benzene rings is 1. The van der Waals surface area contributed by atoms with E-state index < -0.39 is 6.36 Å². The lowest BCUT2D eigenvalue weighted by atomic mass is 10.1. The number of alkyl halides is 3. The van der Waals surface area contributed by atoms with Gasteiger partial charge in [0, 0.05) is 12.1 Å². The Labute approximate surface area is 79.5 Å². The maximum Gasteiger partial charge on any atom is 0.573 e. The Balaban J connectivity index is 3.05. The van der Waals surface area contributed by atoms with Gasteiger partial charge in [0.15, 0.2) is 0 Å². The number of nitrogens with two attached hydrogens (primary N) is 1. The van der Waals surface area contributed by atoms with Crippen LogP contribution in [0.15, 0.2) is 18.2 Å². The van der Waals surface area contributed by atoms with Gasteiger partial charge in [0.05, 0.1) is 0 Å². The molecule has 0 aliphatic carbocycles. The summed E-state index contributed by atoms with van der Waals surface area (Å²) in [5, 5.41) is 0. The highest BCUT2D eigenvalue weighted by Crippen LogP contribution is 2.29. The lowest BCUT2D eigenvalue weighted by molar-refractivity contribution is -0.275. The van der Waals surface area contributed by atoms with Gasteiger partial charge in [-0.3, -0.25) is 0 Å². The van der Waals surface area contributed by atoms with Crippen molar-refractivity contribution in [2.75, 3.05) is 0 Å². The average Bonchev–Trinajstić information content (AvgIpc) is 2.06. The summed E-state index contributed by atoms with van der Waals surface area (Å²) in [6.45, 7) is 1.56. The quantitative estimate of drug-likeness (QED) is 0.804. The van der Waals surface area contributed by atoms with E-state index in [1.165, 1.54) is 6.07 Å². The maximum absolute atomic E-state index is 12.0. The number of aryl methyl sites for hydroxylation is 1. The molecular formula is C9H10F3NO. The first-order valence-corrected chi connectivity index (χ1v) is 3.98. The minimum Gasteiger partial charge on any atom is -0.405 e. The Bertz CT molecular complexity index is 322. The second kappa shape index (κ2) is 3.88. The van der Waals surface area contributed by atoms with Crippen LogP contribution in [0.1, 0.15) is 11.1 Å². The predicted molar refractivity (Wildman–Crippen MR) is 45.8 cm³/mol. The Morgan fingerprint density at radius 2 is 2.00 bits per heavy atom. The fourth-order valence-electron chi connectivity index (χ4n) is 1.14. The fraction of sp³-hybridized carbons (Fsp3) is 0.333. The summed E-state index contributed by atoms with van der Waals surface area (Å²) in [7, 11) is 0. The standard InChI is InChI=1S/C9H10F3NO/c1-6-3-2-4-7(5-13)8(6)14-9(10,11)12/h2-4H,5,13H2,1H3. The van der Waals surface area contributed by atoms with E-state index in [0.29, 0.717) is 11.1 Å². The van der Waals surface area contributed by atoms with Crippen LogP contribution in [0.5, 0.6) is 5.75 Å². The van der Waals surface area contributed by atoms with Gasteiger partial charge in [-0.15, -0.1) is 13.2 Å². The largest absolute Gasteiger partial charge is 0.573 e. The van der Waals surface area contributed by atoms with Crippen LogP contribution in [0, 0.1) is 6.92 Å². The molecule has 0 heterocycles. The van der Waals surface area contributed by atoms with Crippen molar-refractivity contribution in [1.29, 1.82) is 0 Å². The molecule has 1 rings (SSSR count). The van der Waals surface area contributed by atoms with E-state index in [2.05, 4.69) is 4.74 Å². The number of para-hydroxylation sites is 1. The van der Waals surface area contributed by atoms with Crippen LogP contribution in [-0.2, 0) is 6.54 Å². The van der Waals surface area contributed by atoms with Crippen molar-refractivity contribution in [3.05, 3.63) is 29.3 Å². The van der Waals surface area contributed by atoms with Crippen LogP contribution in [-0.4, -0.2) is 6.36 Å². The van der Waals surface area contributed by atoms with E-state index in [1.807, 2.05) is 0 Å². The summed E-state index contributed by atoms with van der Waals surface area (Å²) in [6, 6.07) is 4.69. The average molecular weight is 205 g/mol. The molecule has 0 atom stereocenters. The molecule has 2 N–H and O–H groups in total. The molecule has 0 amide bonds. The highest BCUT2D eigenvalue weighted by molar-refractivity contribution is 5.40. The molecule has 0 saturated heterocycles. The van der Waals surface area contributed by atoms with Crippen molar-refractivity contribution in [1.82, 2.24) is 0 Å². The Morgan fingerprint density at radius 3 is 2.50 bits per heavy atom. The first kappa shape index (κ1) is 10.8. The predicted octanol–water partition coefficient (Wildman–Crippen LogP) is 2.35. The van der Waals surface area contributed by atoms with Gasteiger partial charge < -0.3 is 10.5 Å². The van der Waals surface area contributed by atoms with Crippen LogP contribution >= 0.6 is 0 Å². The van der Waals surface area contributed by atoms with Crippen molar-refractivity contribution in [2.24, 2.45) is 5.73 Å². The van der Waals surface area contributed by atoms with Crippen molar-refractivity contribution in [2.45, 2.75) is 19.8 Å². The molecule has 0 spiro atoms. The lowest BCUT2D eigenvalue weighted by Gasteiger charge is -2.14. The van der Waals surface area contributed by atoms with Gasteiger partial charge in [-0.05, 0) is 12.5 Å². The molecular weight excluding hydrogens is 195 g/mol. The molecule has 0 unspecified atom stereocenters.